The molecule has 0 aromatic carbocycles. The second-order valence-electron chi connectivity index (χ2n) is 3.93. The van der Waals surface area contributed by atoms with Crippen LogP contribution >= 0.6 is 11.3 Å². The molecule has 0 unspecified atom stereocenters. The Morgan fingerprint density at radius 2 is 2.11 bits per heavy atom. The Hall–Kier alpha value is -0.820. The van der Waals surface area contributed by atoms with Gasteiger partial charge in [0.2, 0.25) is 0 Å². The second-order valence-corrected chi connectivity index (χ2v) is 5.02. The van der Waals surface area contributed by atoms with Crippen molar-refractivity contribution in [2.75, 3.05) is 24.5 Å². The van der Waals surface area contributed by atoms with Crippen molar-refractivity contribution in [1.29, 1.82) is 0 Å². The molecule has 0 bridgehead atoms. The first-order chi connectivity index (χ1) is 8.46. The van der Waals surface area contributed by atoms with Crippen molar-refractivity contribution in [3.05, 3.63) is 11.1 Å². The number of thiazole rings is 1. The molecule has 0 aliphatic heterocycles. The lowest BCUT2D eigenvalue weighted by Crippen LogP contribution is -2.34. The normalized spacial score (nSPS) is 11.8. The Kier molecular flexibility index (Phi) is 5.87. The number of hydrogen-bond acceptors (Lipinski definition) is 4. The van der Waals surface area contributed by atoms with Crippen molar-refractivity contribution in [2.24, 2.45) is 0 Å². The van der Waals surface area contributed by atoms with Crippen molar-refractivity contribution in [3.8, 4) is 0 Å². The zero-order valence-electron chi connectivity index (χ0n) is 10.5. The van der Waals surface area contributed by atoms with Crippen LogP contribution in [0.1, 0.15) is 25.1 Å². The predicted molar refractivity (Wildman–Crippen MR) is 68.1 cm³/mol. The molecule has 1 aromatic heterocycles. The Balaban J connectivity index is 2.69. The highest BCUT2D eigenvalue weighted by molar-refractivity contribution is 7.15. The molecular weight excluding hydrogens is 263 g/mol. The van der Waals surface area contributed by atoms with E-state index in [1.165, 1.54) is 16.2 Å². The van der Waals surface area contributed by atoms with E-state index in [1.807, 2.05) is 13.8 Å². The van der Waals surface area contributed by atoms with Crippen LogP contribution in [0, 0.1) is 0 Å². The zero-order valence-corrected chi connectivity index (χ0v) is 11.4. The fraction of sp³-hybridized carbons (Fsp3) is 0.727. The monoisotopic (exact) mass is 281 g/mol. The number of nitrogens with one attached hydrogen (secondary N) is 1. The molecule has 0 saturated heterocycles. The number of halogens is 3. The highest BCUT2D eigenvalue weighted by atomic mass is 32.1. The van der Waals surface area contributed by atoms with Gasteiger partial charge in [0.15, 0.2) is 5.13 Å². The van der Waals surface area contributed by atoms with Crippen LogP contribution in [0.2, 0.25) is 0 Å². The summed E-state index contributed by atoms with van der Waals surface area (Å²) in [5, 5.41) is 3.57. The topological polar surface area (TPSA) is 28.2 Å². The van der Waals surface area contributed by atoms with Gasteiger partial charge in [-0.3, -0.25) is 0 Å². The van der Waals surface area contributed by atoms with E-state index >= 15 is 0 Å². The van der Waals surface area contributed by atoms with E-state index in [0.29, 0.717) is 24.6 Å². The molecule has 0 aliphatic rings. The molecule has 18 heavy (non-hydrogen) atoms. The summed E-state index contributed by atoms with van der Waals surface area (Å²) in [6.07, 6.45) is -1.89. The average molecular weight is 281 g/mol. The maximum absolute atomic E-state index is 12.4. The minimum absolute atomic E-state index is 0.369. The van der Waals surface area contributed by atoms with E-state index in [4.69, 9.17) is 0 Å². The smallest absolute Gasteiger partial charge is 0.339 e. The molecule has 0 fully saturated rings. The van der Waals surface area contributed by atoms with Gasteiger partial charge in [0.1, 0.15) is 6.54 Å². The lowest BCUT2D eigenvalue weighted by Gasteiger charge is -2.22. The van der Waals surface area contributed by atoms with Crippen molar-refractivity contribution < 1.29 is 13.2 Å². The van der Waals surface area contributed by atoms with Gasteiger partial charge in [-0.2, -0.15) is 13.2 Å². The van der Waals surface area contributed by atoms with Crippen LogP contribution in [0.4, 0.5) is 18.3 Å². The summed E-state index contributed by atoms with van der Waals surface area (Å²) in [5.41, 5.74) is 0. The van der Waals surface area contributed by atoms with Gasteiger partial charge in [0, 0.05) is 24.2 Å². The first-order valence-corrected chi connectivity index (χ1v) is 6.75. The molecule has 0 aliphatic carbocycles. The molecule has 1 heterocycles. The Morgan fingerprint density at radius 3 is 2.67 bits per heavy atom. The van der Waals surface area contributed by atoms with Crippen LogP contribution in [0.3, 0.4) is 0 Å². The first kappa shape index (κ1) is 15.2. The predicted octanol–water partition coefficient (Wildman–Crippen LogP) is 3.03. The van der Waals surface area contributed by atoms with Crippen LogP contribution in [-0.2, 0) is 6.54 Å². The molecule has 0 atom stereocenters. The molecule has 1 aromatic rings. The lowest BCUT2D eigenvalue weighted by atomic mass is 10.4. The molecule has 1 N–H and O–H groups in total. The summed E-state index contributed by atoms with van der Waals surface area (Å²) in [6.45, 7) is 4.75. The second kappa shape index (κ2) is 6.94. The van der Waals surface area contributed by atoms with Crippen molar-refractivity contribution in [2.45, 2.75) is 33.0 Å². The third kappa shape index (κ3) is 5.22. The van der Waals surface area contributed by atoms with Gasteiger partial charge in [0.25, 0.3) is 0 Å². The van der Waals surface area contributed by atoms with Crippen molar-refractivity contribution in [1.82, 2.24) is 10.3 Å². The van der Waals surface area contributed by atoms with Crippen LogP contribution in [0.5, 0.6) is 0 Å². The van der Waals surface area contributed by atoms with E-state index in [0.717, 1.165) is 11.4 Å². The van der Waals surface area contributed by atoms with Crippen LogP contribution in [0.15, 0.2) is 6.20 Å². The molecule has 1 rings (SSSR count). The Morgan fingerprint density at radius 1 is 1.39 bits per heavy atom. The number of alkyl halides is 3. The number of nitrogens with zero attached hydrogens (tertiary/aromatic N) is 2. The third-order valence-corrected chi connectivity index (χ3v) is 3.28. The van der Waals surface area contributed by atoms with E-state index < -0.39 is 12.7 Å². The Labute approximate surface area is 109 Å². The summed E-state index contributed by atoms with van der Waals surface area (Å²) < 4.78 is 37.3. The fourth-order valence-electron chi connectivity index (χ4n) is 1.50. The third-order valence-electron chi connectivity index (χ3n) is 2.22. The Bertz CT molecular complexity index is 352. The summed E-state index contributed by atoms with van der Waals surface area (Å²) in [5.74, 6) is 0. The van der Waals surface area contributed by atoms with E-state index in [9.17, 15) is 13.2 Å². The van der Waals surface area contributed by atoms with Crippen molar-refractivity contribution >= 4 is 16.5 Å². The molecule has 0 amide bonds. The van der Waals surface area contributed by atoms with E-state index in [2.05, 4.69) is 10.3 Å². The van der Waals surface area contributed by atoms with Gasteiger partial charge >= 0.3 is 6.18 Å². The number of anilines is 1. The molecule has 3 nitrogen and oxygen atoms in total. The van der Waals surface area contributed by atoms with Gasteiger partial charge in [-0.1, -0.05) is 13.8 Å². The van der Waals surface area contributed by atoms with Crippen molar-refractivity contribution in [3.63, 3.8) is 0 Å². The highest BCUT2D eigenvalue weighted by Gasteiger charge is 2.31. The molecule has 0 spiro atoms. The largest absolute Gasteiger partial charge is 0.406 e. The zero-order chi connectivity index (χ0) is 13.6. The van der Waals surface area contributed by atoms with E-state index in [1.54, 1.807) is 6.20 Å². The number of rotatable bonds is 7. The summed E-state index contributed by atoms with van der Waals surface area (Å²) in [7, 11) is 0. The minimum Gasteiger partial charge on any atom is -0.339 e. The van der Waals surface area contributed by atoms with Crippen LogP contribution < -0.4 is 10.2 Å². The fourth-order valence-corrected chi connectivity index (χ4v) is 2.41. The maximum Gasteiger partial charge on any atom is 0.406 e. The summed E-state index contributed by atoms with van der Waals surface area (Å²) >= 11 is 1.31. The number of hydrogen-bond donors (Lipinski definition) is 1. The van der Waals surface area contributed by atoms with Gasteiger partial charge in [-0.15, -0.1) is 11.3 Å². The first-order valence-electron chi connectivity index (χ1n) is 5.93. The van der Waals surface area contributed by atoms with Crippen LogP contribution in [-0.4, -0.2) is 30.8 Å². The van der Waals surface area contributed by atoms with Crippen LogP contribution in [0.25, 0.3) is 0 Å². The minimum atomic E-state index is -4.19. The van der Waals surface area contributed by atoms with E-state index in [-0.39, 0.29) is 0 Å². The molecular formula is C11H18F3N3S. The summed E-state index contributed by atoms with van der Waals surface area (Å²) in [6, 6.07) is 0. The summed E-state index contributed by atoms with van der Waals surface area (Å²) in [4.78, 5) is 6.32. The lowest BCUT2D eigenvalue weighted by molar-refractivity contribution is -0.119. The standard InChI is InChI=1S/C11H18F3N3S/c1-3-5-17(8-11(12,13)14)10-16-7-9(18-10)6-15-4-2/h7,15H,3-6,8H2,1-2H3. The van der Waals surface area contributed by atoms with Gasteiger partial charge in [0.05, 0.1) is 0 Å². The number of aromatic nitrogens is 1. The highest BCUT2D eigenvalue weighted by Crippen LogP contribution is 2.26. The molecule has 104 valence electrons. The molecule has 0 radical (unpaired) electrons. The van der Waals surface area contributed by atoms with Gasteiger partial charge in [-0.05, 0) is 13.0 Å². The molecule has 0 saturated carbocycles. The SMILES string of the molecule is CCCN(CC(F)(F)F)c1ncc(CNCC)s1. The van der Waals surface area contributed by atoms with Gasteiger partial charge < -0.3 is 10.2 Å². The quantitative estimate of drug-likeness (QED) is 0.832. The average Bonchev–Trinajstić information content (AvgIpc) is 2.72. The molecule has 7 heteroatoms. The maximum atomic E-state index is 12.4. The van der Waals surface area contributed by atoms with Gasteiger partial charge in [-0.25, -0.2) is 4.98 Å².